The predicted molar refractivity (Wildman–Crippen MR) is 63.5 cm³/mol. The third-order valence-electron chi connectivity index (χ3n) is 3.86. The molecule has 1 aliphatic heterocycles. The number of hydrogen-bond donors (Lipinski definition) is 2. The number of hydrogen-bond acceptors (Lipinski definition) is 5. The van der Waals surface area contributed by atoms with E-state index in [2.05, 4.69) is 24.8 Å². The second kappa shape index (κ2) is 2.95. The summed E-state index contributed by atoms with van der Waals surface area (Å²) >= 11 is 0. The van der Waals surface area contributed by atoms with Crippen molar-refractivity contribution in [2.24, 2.45) is 11.7 Å². The molecule has 6 heteroatoms. The van der Waals surface area contributed by atoms with E-state index in [0.717, 1.165) is 36.0 Å². The number of H-pyrrole nitrogens is 1. The van der Waals surface area contributed by atoms with E-state index in [0.29, 0.717) is 0 Å². The molecule has 0 radical (unpaired) electrons. The minimum absolute atomic E-state index is 0.0112. The first-order chi connectivity index (χ1) is 8.26. The first-order valence-corrected chi connectivity index (χ1v) is 5.94. The summed E-state index contributed by atoms with van der Waals surface area (Å²) in [6.45, 7) is 1.78. The Bertz CT molecular complexity index is 566. The van der Waals surface area contributed by atoms with Crippen LogP contribution >= 0.6 is 0 Å². The Balaban J connectivity index is 1.66. The van der Waals surface area contributed by atoms with E-state index in [1.54, 1.807) is 12.7 Å². The molecule has 1 saturated carbocycles. The van der Waals surface area contributed by atoms with Gasteiger partial charge in [0, 0.05) is 13.1 Å². The molecule has 0 unspecified atom stereocenters. The van der Waals surface area contributed by atoms with Crippen molar-refractivity contribution in [2.45, 2.75) is 18.4 Å². The Morgan fingerprint density at radius 1 is 1.29 bits per heavy atom. The molecule has 1 saturated heterocycles. The molecule has 0 aromatic carbocycles. The molecule has 3 N–H and O–H groups in total. The lowest BCUT2D eigenvalue weighted by Gasteiger charge is -2.48. The number of nitrogens with one attached hydrogen (secondary N) is 1. The van der Waals surface area contributed by atoms with Crippen LogP contribution in [0.1, 0.15) is 12.8 Å². The topological polar surface area (TPSA) is 83.7 Å². The summed E-state index contributed by atoms with van der Waals surface area (Å²) in [5.74, 6) is 1.65. The summed E-state index contributed by atoms with van der Waals surface area (Å²) in [5.41, 5.74) is 7.98. The van der Waals surface area contributed by atoms with Crippen LogP contribution < -0.4 is 10.6 Å². The van der Waals surface area contributed by atoms with E-state index in [1.165, 1.54) is 12.8 Å². The fourth-order valence-electron chi connectivity index (χ4n) is 2.72. The highest BCUT2D eigenvalue weighted by Crippen LogP contribution is 2.44. The first-order valence-electron chi connectivity index (χ1n) is 5.94. The van der Waals surface area contributed by atoms with Crippen molar-refractivity contribution in [3.8, 4) is 0 Å². The maximum absolute atomic E-state index is 6.34. The van der Waals surface area contributed by atoms with E-state index in [9.17, 15) is 0 Å². The zero-order valence-corrected chi connectivity index (χ0v) is 9.43. The lowest BCUT2D eigenvalue weighted by atomic mass is 9.86. The van der Waals surface area contributed by atoms with Crippen LogP contribution in [0, 0.1) is 5.92 Å². The standard InChI is InChI=1S/C11H14N6/c12-11(7-1-2-7)3-17(4-11)10-8-9(14-5-13-8)15-6-16-10/h5-7H,1-4,12H2,(H,13,14,15,16). The molecule has 88 valence electrons. The molecule has 2 aromatic rings. The zero-order valence-electron chi connectivity index (χ0n) is 9.43. The van der Waals surface area contributed by atoms with E-state index in [4.69, 9.17) is 5.73 Å². The number of rotatable bonds is 2. The van der Waals surface area contributed by atoms with Crippen molar-refractivity contribution in [2.75, 3.05) is 18.0 Å². The summed E-state index contributed by atoms with van der Waals surface area (Å²) in [6, 6.07) is 0. The van der Waals surface area contributed by atoms with Crippen LogP contribution in [0.5, 0.6) is 0 Å². The highest BCUT2D eigenvalue weighted by Gasteiger charge is 2.51. The van der Waals surface area contributed by atoms with Gasteiger partial charge in [-0.3, -0.25) is 0 Å². The molecule has 1 aliphatic carbocycles. The lowest BCUT2D eigenvalue weighted by Crippen LogP contribution is -2.69. The van der Waals surface area contributed by atoms with E-state index in [-0.39, 0.29) is 5.54 Å². The SMILES string of the molecule is NC1(C2CC2)CN(c2ncnc3nc[nH]c23)C1. The van der Waals surface area contributed by atoms with Crippen molar-refractivity contribution in [3.63, 3.8) is 0 Å². The fourth-order valence-corrected chi connectivity index (χ4v) is 2.72. The summed E-state index contributed by atoms with van der Waals surface area (Å²) < 4.78 is 0. The molecule has 2 aliphatic rings. The van der Waals surface area contributed by atoms with Gasteiger partial charge in [-0.05, 0) is 18.8 Å². The molecular formula is C11H14N6. The van der Waals surface area contributed by atoms with Gasteiger partial charge < -0.3 is 15.6 Å². The molecule has 17 heavy (non-hydrogen) atoms. The molecule has 0 atom stereocenters. The minimum Gasteiger partial charge on any atom is -0.351 e. The van der Waals surface area contributed by atoms with Gasteiger partial charge in [-0.1, -0.05) is 0 Å². The quantitative estimate of drug-likeness (QED) is 0.774. The molecule has 0 spiro atoms. The van der Waals surface area contributed by atoms with Gasteiger partial charge in [0.25, 0.3) is 0 Å². The Kier molecular flexibility index (Phi) is 1.62. The number of nitrogens with zero attached hydrogens (tertiary/aromatic N) is 4. The van der Waals surface area contributed by atoms with Crippen molar-refractivity contribution < 1.29 is 0 Å². The van der Waals surface area contributed by atoms with Crippen LogP contribution in [-0.2, 0) is 0 Å². The molecule has 0 bridgehead atoms. The third-order valence-corrected chi connectivity index (χ3v) is 3.86. The second-order valence-electron chi connectivity index (χ2n) is 5.16. The number of imidazole rings is 1. The Hall–Kier alpha value is -1.69. The van der Waals surface area contributed by atoms with E-state index in [1.807, 2.05) is 0 Å². The minimum atomic E-state index is 0.0112. The molecular weight excluding hydrogens is 216 g/mol. The third kappa shape index (κ3) is 1.27. The van der Waals surface area contributed by atoms with Crippen LogP contribution in [-0.4, -0.2) is 38.6 Å². The van der Waals surface area contributed by atoms with Crippen LogP contribution in [0.3, 0.4) is 0 Å². The monoisotopic (exact) mass is 230 g/mol. The van der Waals surface area contributed by atoms with Gasteiger partial charge in [0.2, 0.25) is 0 Å². The van der Waals surface area contributed by atoms with Gasteiger partial charge in [0.15, 0.2) is 11.5 Å². The Morgan fingerprint density at radius 2 is 2.12 bits per heavy atom. The van der Waals surface area contributed by atoms with Crippen LogP contribution in [0.25, 0.3) is 11.2 Å². The number of nitrogens with two attached hydrogens (primary N) is 1. The van der Waals surface area contributed by atoms with Gasteiger partial charge in [-0.15, -0.1) is 0 Å². The van der Waals surface area contributed by atoms with Crippen LogP contribution in [0.15, 0.2) is 12.7 Å². The average molecular weight is 230 g/mol. The highest BCUT2D eigenvalue weighted by atomic mass is 15.3. The maximum Gasteiger partial charge on any atom is 0.182 e. The Labute approximate surface area is 98.3 Å². The van der Waals surface area contributed by atoms with Gasteiger partial charge in [-0.2, -0.15) is 0 Å². The average Bonchev–Trinajstić information content (AvgIpc) is 3.03. The molecule has 4 rings (SSSR count). The van der Waals surface area contributed by atoms with Gasteiger partial charge in [0.05, 0.1) is 11.9 Å². The van der Waals surface area contributed by atoms with Crippen molar-refractivity contribution in [3.05, 3.63) is 12.7 Å². The summed E-state index contributed by atoms with van der Waals surface area (Å²) in [4.78, 5) is 17.9. The maximum atomic E-state index is 6.34. The van der Waals surface area contributed by atoms with E-state index < -0.39 is 0 Å². The molecule has 2 aromatic heterocycles. The summed E-state index contributed by atoms with van der Waals surface area (Å²) in [5, 5.41) is 0. The number of fused-ring (bicyclic) bond motifs is 1. The number of aromatic amines is 1. The van der Waals surface area contributed by atoms with Crippen LogP contribution in [0.2, 0.25) is 0 Å². The second-order valence-corrected chi connectivity index (χ2v) is 5.16. The normalized spacial score (nSPS) is 22.8. The van der Waals surface area contributed by atoms with Crippen molar-refractivity contribution in [1.29, 1.82) is 0 Å². The summed E-state index contributed by atoms with van der Waals surface area (Å²) in [6.07, 6.45) is 5.78. The number of aromatic nitrogens is 4. The lowest BCUT2D eigenvalue weighted by molar-refractivity contribution is 0.289. The molecule has 0 amide bonds. The predicted octanol–water partition coefficient (Wildman–Crippen LogP) is 0.280. The zero-order chi connectivity index (χ0) is 11.5. The largest absolute Gasteiger partial charge is 0.351 e. The van der Waals surface area contributed by atoms with Gasteiger partial charge in [0.1, 0.15) is 11.8 Å². The number of anilines is 1. The first kappa shape index (κ1) is 9.35. The van der Waals surface area contributed by atoms with Crippen molar-refractivity contribution in [1.82, 2.24) is 19.9 Å². The highest BCUT2D eigenvalue weighted by molar-refractivity contribution is 5.83. The van der Waals surface area contributed by atoms with Gasteiger partial charge in [-0.25, -0.2) is 15.0 Å². The van der Waals surface area contributed by atoms with E-state index >= 15 is 0 Å². The van der Waals surface area contributed by atoms with Crippen LogP contribution in [0.4, 0.5) is 5.82 Å². The fraction of sp³-hybridized carbons (Fsp3) is 0.545. The molecule has 2 fully saturated rings. The smallest absolute Gasteiger partial charge is 0.182 e. The summed E-state index contributed by atoms with van der Waals surface area (Å²) in [7, 11) is 0. The van der Waals surface area contributed by atoms with Gasteiger partial charge >= 0.3 is 0 Å². The van der Waals surface area contributed by atoms with Crippen molar-refractivity contribution >= 4 is 17.0 Å². The Morgan fingerprint density at radius 3 is 2.88 bits per heavy atom. The molecule has 6 nitrogen and oxygen atoms in total. The molecule has 3 heterocycles.